The molecule has 0 saturated carbocycles. The molecule has 1 fully saturated rings. The topological polar surface area (TPSA) is 49.4 Å². The molecule has 1 saturated heterocycles. The highest BCUT2D eigenvalue weighted by atomic mass is 32.2. The van der Waals surface area contributed by atoms with Gasteiger partial charge in [-0.25, -0.2) is 0 Å². The van der Waals surface area contributed by atoms with Gasteiger partial charge in [0.25, 0.3) is 0 Å². The van der Waals surface area contributed by atoms with E-state index >= 15 is 0 Å². The van der Waals surface area contributed by atoms with Crippen molar-refractivity contribution in [3.8, 4) is 28.7 Å². The maximum absolute atomic E-state index is 5.65. The summed E-state index contributed by atoms with van der Waals surface area (Å²) in [6, 6.07) is 10.4. The first kappa shape index (κ1) is 27.7. The molecule has 2 aromatic carbocycles. The molecular formula is C27H39NO5S2. The molecule has 1 heterocycles. The van der Waals surface area contributed by atoms with E-state index in [0.29, 0.717) is 5.75 Å². The molecule has 1 aliphatic heterocycles. The summed E-state index contributed by atoms with van der Waals surface area (Å²) in [6.45, 7) is 2.04. The van der Waals surface area contributed by atoms with E-state index in [1.807, 2.05) is 6.07 Å². The number of methoxy groups -OCH3 is 5. The van der Waals surface area contributed by atoms with Crippen LogP contribution in [-0.4, -0.2) is 72.1 Å². The fraction of sp³-hybridized carbons (Fsp3) is 0.556. The molecule has 0 aliphatic carbocycles. The van der Waals surface area contributed by atoms with Gasteiger partial charge in [-0.15, -0.1) is 23.5 Å². The molecule has 3 rings (SSSR count). The molecule has 0 N–H and O–H groups in total. The van der Waals surface area contributed by atoms with Crippen molar-refractivity contribution in [3.63, 3.8) is 0 Å². The second-order valence-corrected chi connectivity index (χ2v) is 11.6. The molecule has 0 unspecified atom stereocenters. The van der Waals surface area contributed by atoms with E-state index in [-0.39, 0.29) is 4.08 Å². The first-order chi connectivity index (χ1) is 17.0. The number of ether oxygens (including phenoxy) is 5. The lowest BCUT2D eigenvalue weighted by molar-refractivity contribution is 0.321. The molecule has 194 valence electrons. The van der Waals surface area contributed by atoms with Gasteiger partial charge in [0.1, 0.15) is 0 Å². The van der Waals surface area contributed by atoms with Crippen LogP contribution in [0.4, 0.5) is 0 Å². The smallest absolute Gasteiger partial charge is 0.203 e. The summed E-state index contributed by atoms with van der Waals surface area (Å²) in [6.07, 6.45) is 4.41. The van der Waals surface area contributed by atoms with Crippen molar-refractivity contribution in [1.29, 1.82) is 0 Å². The zero-order valence-electron chi connectivity index (χ0n) is 21.8. The standard InChI is InChI=1S/C27H39NO5S2/c1-28(14-11-20-9-10-22(29-2)23(17-20)30-3)13-7-12-27(34-15-8-16-35-27)21-18-24(31-4)26(33-6)25(19-21)32-5/h9-10,17-19H,7-8,11-16H2,1-6H3. The Bertz CT molecular complexity index is 924. The molecule has 0 aromatic heterocycles. The lowest BCUT2D eigenvalue weighted by Crippen LogP contribution is -2.27. The summed E-state index contributed by atoms with van der Waals surface area (Å²) in [7, 11) is 10.6. The van der Waals surface area contributed by atoms with Gasteiger partial charge >= 0.3 is 0 Å². The SMILES string of the molecule is COc1ccc(CCN(C)CCCC2(c3cc(OC)c(OC)c(OC)c3)SCCCS2)cc1OC. The molecule has 0 atom stereocenters. The van der Waals surface area contributed by atoms with Gasteiger partial charge in [0, 0.05) is 6.54 Å². The molecule has 0 spiro atoms. The lowest BCUT2D eigenvalue weighted by Gasteiger charge is -2.37. The first-order valence-electron chi connectivity index (χ1n) is 12.0. The normalized spacial score (nSPS) is 15.1. The van der Waals surface area contributed by atoms with Gasteiger partial charge in [-0.1, -0.05) is 6.07 Å². The second kappa shape index (κ2) is 13.4. The third-order valence-electron chi connectivity index (χ3n) is 6.34. The van der Waals surface area contributed by atoms with Gasteiger partial charge < -0.3 is 28.6 Å². The van der Waals surface area contributed by atoms with Crippen LogP contribution in [-0.2, 0) is 10.5 Å². The number of nitrogens with zero attached hydrogens (tertiary/aromatic N) is 1. The van der Waals surface area contributed by atoms with Crippen LogP contribution < -0.4 is 23.7 Å². The summed E-state index contributed by atoms with van der Waals surface area (Å²) >= 11 is 4.10. The van der Waals surface area contributed by atoms with Crippen molar-refractivity contribution in [2.45, 2.75) is 29.8 Å². The summed E-state index contributed by atoms with van der Waals surface area (Å²) in [5, 5.41) is 0. The van der Waals surface area contributed by atoms with E-state index in [9.17, 15) is 0 Å². The van der Waals surface area contributed by atoms with Crippen LogP contribution in [0.5, 0.6) is 28.7 Å². The van der Waals surface area contributed by atoms with E-state index in [4.69, 9.17) is 23.7 Å². The number of benzene rings is 2. The van der Waals surface area contributed by atoms with Crippen LogP contribution in [0.1, 0.15) is 30.4 Å². The van der Waals surface area contributed by atoms with Crippen LogP contribution in [0.25, 0.3) is 0 Å². The fourth-order valence-corrected chi connectivity index (χ4v) is 7.78. The third-order valence-corrected chi connectivity index (χ3v) is 9.84. The summed E-state index contributed by atoms with van der Waals surface area (Å²) in [4.78, 5) is 2.41. The van der Waals surface area contributed by atoms with E-state index in [1.54, 1.807) is 35.5 Å². The summed E-state index contributed by atoms with van der Waals surface area (Å²) in [5.41, 5.74) is 2.50. The molecular weight excluding hydrogens is 482 g/mol. The van der Waals surface area contributed by atoms with E-state index in [2.05, 4.69) is 59.7 Å². The number of hydrogen-bond donors (Lipinski definition) is 0. The number of thioether (sulfide) groups is 2. The monoisotopic (exact) mass is 521 g/mol. The fourth-order valence-electron chi connectivity index (χ4n) is 4.38. The van der Waals surface area contributed by atoms with Gasteiger partial charge in [0.15, 0.2) is 23.0 Å². The van der Waals surface area contributed by atoms with Gasteiger partial charge in [-0.3, -0.25) is 0 Å². The first-order valence-corrected chi connectivity index (χ1v) is 13.9. The largest absolute Gasteiger partial charge is 0.493 e. The van der Waals surface area contributed by atoms with Crippen molar-refractivity contribution >= 4 is 23.5 Å². The quantitative estimate of drug-likeness (QED) is 0.332. The second-order valence-electron chi connectivity index (χ2n) is 8.56. The van der Waals surface area contributed by atoms with Crippen molar-refractivity contribution in [2.75, 3.05) is 67.2 Å². The number of hydrogen-bond acceptors (Lipinski definition) is 8. The van der Waals surface area contributed by atoms with Crippen LogP contribution in [0.3, 0.4) is 0 Å². The van der Waals surface area contributed by atoms with Crippen molar-refractivity contribution < 1.29 is 23.7 Å². The van der Waals surface area contributed by atoms with Gasteiger partial charge in [-0.2, -0.15) is 0 Å². The summed E-state index contributed by atoms with van der Waals surface area (Å²) in [5.74, 6) is 5.97. The average molecular weight is 522 g/mol. The van der Waals surface area contributed by atoms with Crippen LogP contribution in [0, 0.1) is 0 Å². The molecule has 2 aromatic rings. The highest BCUT2D eigenvalue weighted by Crippen LogP contribution is 2.55. The van der Waals surface area contributed by atoms with E-state index in [0.717, 1.165) is 55.4 Å². The molecule has 1 aliphatic rings. The predicted octanol–water partition coefficient (Wildman–Crippen LogP) is 5.71. The Hall–Kier alpha value is -1.90. The highest BCUT2D eigenvalue weighted by Gasteiger charge is 2.37. The third kappa shape index (κ3) is 6.86. The zero-order valence-corrected chi connectivity index (χ0v) is 23.5. The van der Waals surface area contributed by atoms with Crippen LogP contribution in [0.2, 0.25) is 0 Å². The van der Waals surface area contributed by atoms with Crippen LogP contribution >= 0.6 is 23.5 Å². The van der Waals surface area contributed by atoms with E-state index in [1.165, 1.54) is 29.1 Å². The predicted molar refractivity (Wildman–Crippen MR) is 147 cm³/mol. The van der Waals surface area contributed by atoms with Gasteiger partial charge in [-0.05, 0) is 86.2 Å². The molecule has 0 amide bonds. The van der Waals surface area contributed by atoms with Crippen molar-refractivity contribution in [2.24, 2.45) is 0 Å². The Morgan fingerprint density at radius 1 is 0.771 bits per heavy atom. The minimum absolute atomic E-state index is 0.00469. The Morgan fingerprint density at radius 3 is 1.97 bits per heavy atom. The Kier molecular flexibility index (Phi) is 10.6. The number of rotatable bonds is 13. The van der Waals surface area contributed by atoms with Crippen LogP contribution in [0.15, 0.2) is 30.3 Å². The molecule has 8 heteroatoms. The zero-order chi connectivity index (χ0) is 25.3. The minimum atomic E-state index is -0.00469. The molecule has 35 heavy (non-hydrogen) atoms. The molecule has 0 bridgehead atoms. The Balaban J connectivity index is 1.65. The summed E-state index contributed by atoms with van der Waals surface area (Å²) < 4.78 is 27.7. The van der Waals surface area contributed by atoms with Gasteiger partial charge in [0.2, 0.25) is 5.75 Å². The van der Waals surface area contributed by atoms with Crippen molar-refractivity contribution in [1.82, 2.24) is 4.90 Å². The highest BCUT2D eigenvalue weighted by molar-refractivity contribution is 8.18. The van der Waals surface area contributed by atoms with Gasteiger partial charge in [0.05, 0.1) is 39.6 Å². The Labute approximate surface area is 219 Å². The maximum atomic E-state index is 5.65. The maximum Gasteiger partial charge on any atom is 0.203 e. The average Bonchev–Trinajstić information content (AvgIpc) is 2.91. The minimum Gasteiger partial charge on any atom is -0.493 e. The molecule has 6 nitrogen and oxygen atoms in total. The van der Waals surface area contributed by atoms with Crippen molar-refractivity contribution in [3.05, 3.63) is 41.5 Å². The molecule has 0 radical (unpaired) electrons. The number of likely N-dealkylation sites (N-methyl/N-ethyl adjacent to an activating group) is 1. The Morgan fingerprint density at radius 2 is 1.40 bits per heavy atom. The van der Waals surface area contributed by atoms with E-state index < -0.39 is 0 Å². The lowest BCUT2D eigenvalue weighted by atomic mass is 10.0.